The number of fused-ring (bicyclic) bond motifs is 1. The second-order valence-electron chi connectivity index (χ2n) is 5.68. The smallest absolute Gasteiger partial charge is 0.349 e. The van der Waals surface area contributed by atoms with Gasteiger partial charge < -0.3 is 19.0 Å². The van der Waals surface area contributed by atoms with E-state index in [9.17, 15) is 9.59 Å². The zero-order valence-electron chi connectivity index (χ0n) is 13.4. The molecule has 6 nitrogen and oxygen atoms in total. The van der Waals surface area contributed by atoms with Gasteiger partial charge in [-0.1, -0.05) is 0 Å². The highest BCUT2D eigenvalue weighted by molar-refractivity contribution is 5.96. The molecule has 1 aliphatic heterocycles. The maximum Gasteiger partial charge on any atom is 0.349 e. The molecule has 6 heteroatoms. The van der Waals surface area contributed by atoms with Crippen LogP contribution in [0.1, 0.15) is 17.3 Å². The summed E-state index contributed by atoms with van der Waals surface area (Å²) in [5.41, 5.74) is -0.0860. The molecule has 122 valence electrons. The SMILES string of the molecule is CCOc1ccc2cc(C(=O)N3CCN(C)CC3)c(=O)oc2c1. The van der Waals surface area contributed by atoms with Crippen LogP contribution >= 0.6 is 0 Å². The lowest BCUT2D eigenvalue weighted by atomic mass is 10.1. The summed E-state index contributed by atoms with van der Waals surface area (Å²) in [7, 11) is 2.02. The van der Waals surface area contributed by atoms with Crippen LogP contribution in [-0.2, 0) is 0 Å². The molecule has 0 aliphatic carbocycles. The Morgan fingerprint density at radius 1 is 1.22 bits per heavy atom. The van der Waals surface area contributed by atoms with E-state index in [4.69, 9.17) is 9.15 Å². The van der Waals surface area contributed by atoms with Gasteiger partial charge in [0.15, 0.2) is 0 Å². The van der Waals surface area contributed by atoms with Crippen molar-refractivity contribution >= 4 is 16.9 Å². The van der Waals surface area contributed by atoms with E-state index in [0.717, 1.165) is 13.1 Å². The molecule has 1 amide bonds. The van der Waals surface area contributed by atoms with Crippen molar-refractivity contribution in [3.8, 4) is 5.75 Å². The van der Waals surface area contributed by atoms with E-state index in [2.05, 4.69) is 4.90 Å². The van der Waals surface area contributed by atoms with Gasteiger partial charge in [-0.3, -0.25) is 4.79 Å². The summed E-state index contributed by atoms with van der Waals surface area (Å²) in [6.07, 6.45) is 0. The molecule has 23 heavy (non-hydrogen) atoms. The van der Waals surface area contributed by atoms with E-state index in [1.54, 1.807) is 29.2 Å². The van der Waals surface area contributed by atoms with Crippen molar-refractivity contribution in [3.05, 3.63) is 40.2 Å². The summed E-state index contributed by atoms with van der Waals surface area (Å²) < 4.78 is 10.7. The fourth-order valence-electron chi connectivity index (χ4n) is 2.68. The minimum Gasteiger partial charge on any atom is -0.494 e. The third kappa shape index (κ3) is 3.22. The first-order valence-electron chi connectivity index (χ1n) is 7.77. The molecular weight excluding hydrogens is 296 g/mol. The highest BCUT2D eigenvalue weighted by Gasteiger charge is 2.23. The van der Waals surface area contributed by atoms with Crippen LogP contribution < -0.4 is 10.4 Å². The number of carbonyl (C=O) groups is 1. The van der Waals surface area contributed by atoms with E-state index in [0.29, 0.717) is 36.4 Å². The second-order valence-corrected chi connectivity index (χ2v) is 5.68. The number of benzene rings is 1. The number of carbonyl (C=O) groups excluding carboxylic acids is 1. The Labute approximate surface area is 134 Å². The molecular formula is C17H20N2O4. The number of nitrogens with zero attached hydrogens (tertiary/aromatic N) is 2. The van der Waals surface area contributed by atoms with Gasteiger partial charge in [-0.05, 0) is 32.2 Å². The lowest BCUT2D eigenvalue weighted by molar-refractivity contribution is 0.0660. The van der Waals surface area contributed by atoms with Crippen LogP contribution in [0, 0.1) is 0 Å². The standard InChI is InChI=1S/C17H20N2O4/c1-3-22-13-5-4-12-10-14(17(21)23-15(12)11-13)16(20)19-8-6-18(2)7-9-19/h4-5,10-11H,3,6-9H2,1-2H3. The first-order chi connectivity index (χ1) is 11.1. The van der Waals surface area contributed by atoms with Crippen LogP contribution in [0.15, 0.2) is 33.5 Å². The van der Waals surface area contributed by atoms with Gasteiger partial charge in [-0.2, -0.15) is 0 Å². The maximum atomic E-state index is 12.6. The number of rotatable bonds is 3. The van der Waals surface area contributed by atoms with Gasteiger partial charge in [0, 0.05) is 37.6 Å². The van der Waals surface area contributed by atoms with E-state index in [1.807, 2.05) is 14.0 Å². The monoisotopic (exact) mass is 316 g/mol. The zero-order chi connectivity index (χ0) is 16.4. The average Bonchev–Trinajstić information content (AvgIpc) is 2.54. The lowest BCUT2D eigenvalue weighted by Crippen LogP contribution is -2.48. The van der Waals surface area contributed by atoms with Crippen LogP contribution in [0.3, 0.4) is 0 Å². The first kappa shape index (κ1) is 15.6. The lowest BCUT2D eigenvalue weighted by Gasteiger charge is -2.32. The molecule has 0 spiro atoms. The van der Waals surface area contributed by atoms with E-state index >= 15 is 0 Å². The number of ether oxygens (including phenoxy) is 1. The molecule has 1 aromatic heterocycles. The highest BCUT2D eigenvalue weighted by Crippen LogP contribution is 2.21. The predicted octanol–water partition coefficient (Wildman–Crippen LogP) is 1.58. The molecule has 1 aromatic carbocycles. The van der Waals surface area contributed by atoms with Gasteiger partial charge in [-0.15, -0.1) is 0 Å². The average molecular weight is 316 g/mol. The molecule has 2 heterocycles. The largest absolute Gasteiger partial charge is 0.494 e. The summed E-state index contributed by atoms with van der Waals surface area (Å²) in [4.78, 5) is 28.6. The number of amides is 1. The number of hydrogen-bond acceptors (Lipinski definition) is 5. The van der Waals surface area contributed by atoms with Crippen LogP contribution in [0.2, 0.25) is 0 Å². The van der Waals surface area contributed by atoms with Gasteiger partial charge in [0.25, 0.3) is 5.91 Å². The van der Waals surface area contributed by atoms with Crippen molar-refractivity contribution in [3.63, 3.8) is 0 Å². The second kappa shape index (κ2) is 6.42. The number of hydrogen-bond donors (Lipinski definition) is 0. The molecule has 0 saturated carbocycles. The van der Waals surface area contributed by atoms with Crippen molar-refractivity contribution in [1.82, 2.24) is 9.80 Å². The zero-order valence-corrected chi connectivity index (χ0v) is 13.4. The Hall–Kier alpha value is -2.34. The van der Waals surface area contributed by atoms with Gasteiger partial charge >= 0.3 is 5.63 Å². The van der Waals surface area contributed by atoms with Gasteiger partial charge in [0.1, 0.15) is 16.9 Å². The summed E-state index contributed by atoms with van der Waals surface area (Å²) in [5.74, 6) is 0.379. The van der Waals surface area contributed by atoms with Gasteiger partial charge in [0.2, 0.25) is 0 Å². The topological polar surface area (TPSA) is 63.0 Å². The van der Waals surface area contributed by atoms with Crippen molar-refractivity contribution in [2.75, 3.05) is 39.8 Å². The van der Waals surface area contributed by atoms with Gasteiger partial charge in [-0.25, -0.2) is 4.79 Å². The Bertz CT molecular complexity index is 776. The summed E-state index contributed by atoms with van der Waals surface area (Å²) in [5, 5.41) is 0.713. The first-order valence-corrected chi connectivity index (χ1v) is 7.77. The van der Waals surface area contributed by atoms with Crippen molar-refractivity contribution < 1.29 is 13.9 Å². The highest BCUT2D eigenvalue weighted by atomic mass is 16.5. The molecule has 0 bridgehead atoms. The van der Waals surface area contributed by atoms with Crippen LogP contribution in [0.4, 0.5) is 0 Å². The van der Waals surface area contributed by atoms with E-state index in [1.165, 1.54) is 0 Å². The molecule has 3 rings (SSSR count). The van der Waals surface area contributed by atoms with Crippen LogP contribution in [0.5, 0.6) is 5.75 Å². The Kier molecular flexibility index (Phi) is 4.34. The summed E-state index contributed by atoms with van der Waals surface area (Å²) in [6, 6.07) is 6.88. The third-order valence-corrected chi connectivity index (χ3v) is 4.04. The van der Waals surface area contributed by atoms with Crippen LogP contribution in [-0.4, -0.2) is 55.5 Å². The fraction of sp³-hybridized carbons (Fsp3) is 0.412. The minimum atomic E-state index is -0.602. The summed E-state index contributed by atoms with van der Waals surface area (Å²) >= 11 is 0. The van der Waals surface area contributed by atoms with Gasteiger partial charge in [0.05, 0.1) is 6.61 Å². The number of likely N-dealkylation sites (N-methyl/N-ethyl adjacent to an activating group) is 1. The maximum absolute atomic E-state index is 12.6. The molecule has 1 saturated heterocycles. The summed E-state index contributed by atoms with van der Waals surface area (Å²) in [6.45, 7) is 5.28. The van der Waals surface area contributed by atoms with Crippen molar-refractivity contribution in [2.45, 2.75) is 6.92 Å². The quantitative estimate of drug-likeness (QED) is 0.805. The van der Waals surface area contributed by atoms with E-state index < -0.39 is 5.63 Å². The van der Waals surface area contributed by atoms with Crippen molar-refractivity contribution in [1.29, 1.82) is 0 Å². The minimum absolute atomic E-state index is 0.0891. The molecule has 0 atom stereocenters. The van der Waals surface area contributed by atoms with Crippen molar-refractivity contribution in [2.24, 2.45) is 0 Å². The van der Waals surface area contributed by atoms with Crippen LogP contribution in [0.25, 0.3) is 11.0 Å². The third-order valence-electron chi connectivity index (χ3n) is 4.04. The Morgan fingerprint density at radius 2 is 1.96 bits per heavy atom. The fourth-order valence-corrected chi connectivity index (χ4v) is 2.68. The normalized spacial score (nSPS) is 15.8. The predicted molar refractivity (Wildman–Crippen MR) is 87.1 cm³/mol. The Balaban J connectivity index is 1.92. The molecule has 1 aliphatic rings. The van der Waals surface area contributed by atoms with E-state index in [-0.39, 0.29) is 11.5 Å². The molecule has 0 radical (unpaired) electrons. The molecule has 0 N–H and O–H groups in total. The molecule has 0 unspecified atom stereocenters. The molecule has 2 aromatic rings. The number of piperazine rings is 1. The molecule has 1 fully saturated rings. The Morgan fingerprint density at radius 3 is 2.65 bits per heavy atom.